The number of hydrogen-bond donors (Lipinski definition) is 2. The van der Waals surface area contributed by atoms with Gasteiger partial charge in [-0.1, -0.05) is 44.2 Å². The minimum atomic E-state index is -0.833. The van der Waals surface area contributed by atoms with Crippen molar-refractivity contribution in [3.63, 3.8) is 0 Å². The molecule has 1 aromatic carbocycles. The molecular weight excluding hydrogens is 224 g/mol. The Morgan fingerprint density at radius 2 is 1.67 bits per heavy atom. The van der Waals surface area contributed by atoms with Gasteiger partial charge in [0.1, 0.15) is 0 Å². The van der Waals surface area contributed by atoms with Crippen molar-refractivity contribution in [1.29, 1.82) is 0 Å². The molecule has 102 valence electrons. The SMILES string of the molecule is CN(CC(C)(C)CN)CC(C)(O)c1ccccc1. The molecule has 0 radical (unpaired) electrons. The Kier molecular flexibility index (Phi) is 4.91. The zero-order chi connectivity index (χ0) is 13.8. The molecule has 0 bridgehead atoms. The van der Waals surface area contributed by atoms with Gasteiger partial charge in [-0.2, -0.15) is 0 Å². The van der Waals surface area contributed by atoms with Gasteiger partial charge in [0.2, 0.25) is 0 Å². The fourth-order valence-electron chi connectivity index (χ4n) is 2.27. The molecule has 0 aliphatic carbocycles. The topological polar surface area (TPSA) is 49.5 Å². The molecule has 3 heteroatoms. The highest BCUT2D eigenvalue weighted by molar-refractivity contribution is 5.21. The lowest BCUT2D eigenvalue weighted by Gasteiger charge is -2.34. The summed E-state index contributed by atoms with van der Waals surface area (Å²) in [4.78, 5) is 2.14. The van der Waals surface area contributed by atoms with E-state index >= 15 is 0 Å². The summed E-state index contributed by atoms with van der Waals surface area (Å²) in [5.74, 6) is 0. The molecule has 0 aliphatic rings. The first-order chi connectivity index (χ1) is 8.27. The predicted octanol–water partition coefficient (Wildman–Crippen LogP) is 1.81. The first-order valence-electron chi connectivity index (χ1n) is 6.43. The molecule has 0 spiro atoms. The van der Waals surface area contributed by atoms with Gasteiger partial charge in [-0.25, -0.2) is 0 Å². The average Bonchev–Trinajstić information content (AvgIpc) is 2.28. The Bertz CT molecular complexity index is 360. The maximum absolute atomic E-state index is 10.6. The van der Waals surface area contributed by atoms with E-state index in [4.69, 9.17) is 5.73 Å². The number of likely N-dealkylation sites (N-methyl/N-ethyl adjacent to an activating group) is 1. The van der Waals surface area contributed by atoms with Gasteiger partial charge in [0, 0.05) is 13.1 Å². The van der Waals surface area contributed by atoms with E-state index in [1.165, 1.54) is 0 Å². The minimum Gasteiger partial charge on any atom is -0.384 e. The zero-order valence-corrected chi connectivity index (χ0v) is 12.0. The van der Waals surface area contributed by atoms with Crippen LogP contribution in [0.15, 0.2) is 30.3 Å². The number of hydrogen-bond acceptors (Lipinski definition) is 3. The lowest BCUT2D eigenvalue weighted by molar-refractivity contribution is 0.0150. The monoisotopic (exact) mass is 250 g/mol. The van der Waals surface area contributed by atoms with Crippen LogP contribution in [0.1, 0.15) is 26.3 Å². The van der Waals surface area contributed by atoms with Gasteiger partial charge in [0.25, 0.3) is 0 Å². The molecule has 0 aromatic heterocycles. The van der Waals surface area contributed by atoms with E-state index in [2.05, 4.69) is 18.7 Å². The Labute approximate surface area is 111 Å². The van der Waals surface area contributed by atoms with Gasteiger partial charge in [-0.15, -0.1) is 0 Å². The van der Waals surface area contributed by atoms with Crippen molar-refractivity contribution in [2.75, 3.05) is 26.7 Å². The molecule has 3 N–H and O–H groups in total. The van der Waals surface area contributed by atoms with Gasteiger partial charge in [0.05, 0.1) is 5.60 Å². The summed E-state index contributed by atoms with van der Waals surface area (Å²) < 4.78 is 0. The van der Waals surface area contributed by atoms with E-state index in [0.717, 1.165) is 12.1 Å². The highest BCUT2D eigenvalue weighted by atomic mass is 16.3. The fraction of sp³-hybridized carbons (Fsp3) is 0.600. The largest absolute Gasteiger partial charge is 0.384 e. The molecule has 1 atom stereocenters. The van der Waals surface area contributed by atoms with E-state index in [0.29, 0.717) is 13.1 Å². The van der Waals surface area contributed by atoms with Gasteiger partial charge in [-0.3, -0.25) is 0 Å². The van der Waals surface area contributed by atoms with E-state index in [-0.39, 0.29) is 5.41 Å². The Hall–Kier alpha value is -0.900. The average molecular weight is 250 g/mol. The van der Waals surface area contributed by atoms with Crippen LogP contribution in [0.2, 0.25) is 0 Å². The van der Waals surface area contributed by atoms with E-state index in [1.807, 2.05) is 44.3 Å². The third-order valence-electron chi connectivity index (χ3n) is 3.22. The number of aliphatic hydroxyl groups is 1. The number of benzene rings is 1. The number of nitrogens with zero attached hydrogens (tertiary/aromatic N) is 1. The lowest BCUT2D eigenvalue weighted by Crippen LogP contribution is -2.43. The molecule has 0 fully saturated rings. The van der Waals surface area contributed by atoms with Crippen molar-refractivity contribution in [2.24, 2.45) is 11.1 Å². The standard InChI is InChI=1S/C15H26N2O/c1-14(2,10-16)11-17(4)12-15(3,18)13-8-6-5-7-9-13/h5-9,18H,10-12,16H2,1-4H3. The fourth-order valence-corrected chi connectivity index (χ4v) is 2.27. The van der Waals surface area contributed by atoms with Crippen LogP contribution in [-0.2, 0) is 5.60 Å². The zero-order valence-electron chi connectivity index (χ0n) is 12.0. The summed E-state index contributed by atoms with van der Waals surface area (Å²) in [6.07, 6.45) is 0. The van der Waals surface area contributed by atoms with Crippen LogP contribution < -0.4 is 5.73 Å². The smallest absolute Gasteiger partial charge is 0.0994 e. The molecule has 0 saturated heterocycles. The van der Waals surface area contributed by atoms with Gasteiger partial charge < -0.3 is 15.7 Å². The van der Waals surface area contributed by atoms with Crippen molar-refractivity contribution in [1.82, 2.24) is 4.90 Å². The quantitative estimate of drug-likeness (QED) is 0.809. The minimum absolute atomic E-state index is 0.0710. The van der Waals surface area contributed by atoms with Crippen molar-refractivity contribution in [3.8, 4) is 0 Å². The first-order valence-corrected chi connectivity index (χ1v) is 6.43. The molecule has 18 heavy (non-hydrogen) atoms. The second kappa shape index (κ2) is 5.83. The highest BCUT2D eigenvalue weighted by Crippen LogP contribution is 2.23. The summed E-state index contributed by atoms with van der Waals surface area (Å²) in [5, 5.41) is 10.6. The predicted molar refractivity (Wildman–Crippen MR) is 76.3 cm³/mol. The normalized spacial score (nSPS) is 15.7. The molecule has 1 rings (SSSR count). The van der Waals surface area contributed by atoms with Crippen molar-refractivity contribution in [2.45, 2.75) is 26.4 Å². The Morgan fingerprint density at radius 3 is 2.17 bits per heavy atom. The second-order valence-corrected chi connectivity index (χ2v) is 6.18. The van der Waals surface area contributed by atoms with Crippen LogP contribution in [0.5, 0.6) is 0 Å². The van der Waals surface area contributed by atoms with Crippen LogP contribution >= 0.6 is 0 Å². The molecular formula is C15H26N2O. The molecule has 0 saturated carbocycles. The van der Waals surface area contributed by atoms with E-state index in [9.17, 15) is 5.11 Å². The molecule has 1 aromatic rings. The maximum atomic E-state index is 10.6. The molecule has 0 heterocycles. The van der Waals surface area contributed by atoms with Crippen molar-refractivity contribution < 1.29 is 5.11 Å². The van der Waals surface area contributed by atoms with Gasteiger partial charge in [-0.05, 0) is 31.5 Å². The van der Waals surface area contributed by atoms with E-state index < -0.39 is 5.60 Å². The van der Waals surface area contributed by atoms with E-state index in [1.54, 1.807) is 0 Å². The molecule has 0 aliphatic heterocycles. The van der Waals surface area contributed by atoms with Crippen molar-refractivity contribution >= 4 is 0 Å². The van der Waals surface area contributed by atoms with Crippen LogP contribution in [0, 0.1) is 5.41 Å². The first kappa shape index (κ1) is 15.2. The van der Waals surface area contributed by atoms with Crippen molar-refractivity contribution in [3.05, 3.63) is 35.9 Å². The highest BCUT2D eigenvalue weighted by Gasteiger charge is 2.27. The van der Waals surface area contributed by atoms with Crippen LogP contribution in [0.4, 0.5) is 0 Å². The third kappa shape index (κ3) is 4.41. The third-order valence-corrected chi connectivity index (χ3v) is 3.22. The molecule has 1 unspecified atom stereocenters. The number of nitrogens with two attached hydrogens (primary N) is 1. The van der Waals surface area contributed by atoms with Gasteiger partial charge >= 0.3 is 0 Å². The second-order valence-electron chi connectivity index (χ2n) is 6.18. The summed E-state index contributed by atoms with van der Waals surface area (Å²) in [6, 6.07) is 9.78. The Morgan fingerprint density at radius 1 is 1.11 bits per heavy atom. The van der Waals surface area contributed by atoms with Crippen LogP contribution in [-0.4, -0.2) is 36.7 Å². The van der Waals surface area contributed by atoms with Crippen LogP contribution in [0.25, 0.3) is 0 Å². The summed E-state index contributed by atoms with van der Waals surface area (Å²) in [6.45, 7) is 8.24. The van der Waals surface area contributed by atoms with Gasteiger partial charge in [0.15, 0.2) is 0 Å². The molecule has 3 nitrogen and oxygen atoms in total. The summed E-state index contributed by atoms with van der Waals surface area (Å²) >= 11 is 0. The molecule has 0 amide bonds. The maximum Gasteiger partial charge on any atom is 0.0994 e. The lowest BCUT2D eigenvalue weighted by atomic mass is 9.91. The Balaban J connectivity index is 2.66. The van der Waals surface area contributed by atoms with Crippen LogP contribution in [0.3, 0.4) is 0 Å². The number of rotatable bonds is 6. The summed E-state index contributed by atoms with van der Waals surface area (Å²) in [7, 11) is 2.02. The summed E-state index contributed by atoms with van der Waals surface area (Å²) in [5.41, 5.74) is 5.93.